The van der Waals surface area contributed by atoms with Crippen LogP contribution in [0.1, 0.15) is 12.6 Å². The second-order valence-electron chi connectivity index (χ2n) is 4.54. The van der Waals surface area contributed by atoms with Gasteiger partial charge in [0.25, 0.3) is 0 Å². The highest BCUT2D eigenvalue weighted by Gasteiger charge is 2.10. The van der Waals surface area contributed by atoms with E-state index in [9.17, 15) is 0 Å². The van der Waals surface area contributed by atoms with Crippen LogP contribution in [0.5, 0.6) is 5.75 Å². The molecular formula is C16H15ClN2O. The molecule has 4 heteroatoms. The van der Waals surface area contributed by atoms with Crippen molar-refractivity contribution in [3.05, 3.63) is 59.5 Å². The number of aryl methyl sites for hydroxylation is 1. The molecule has 0 unspecified atom stereocenters. The maximum atomic E-state index is 6.30. The third-order valence-electron chi connectivity index (χ3n) is 3.29. The van der Waals surface area contributed by atoms with E-state index in [1.54, 1.807) is 12.4 Å². The molecular weight excluding hydrogens is 272 g/mol. The van der Waals surface area contributed by atoms with E-state index in [0.717, 1.165) is 33.9 Å². The minimum Gasteiger partial charge on any atom is -0.486 e. The molecule has 2 heterocycles. The lowest BCUT2D eigenvalue weighted by Crippen LogP contribution is -2.04. The minimum atomic E-state index is 0.505. The summed E-state index contributed by atoms with van der Waals surface area (Å²) in [7, 11) is 0. The SMILES string of the molecule is CCn1c(COc2cccnc2)cc2cccc(Cl)c21. The summed E-state index contributed by atoms with van der Waals surface area (Å²) in [5.41, 5.74) is 2.18. The average Bonchev–Trinajstić information content (AvgIpc) is 2.85. The molecule has 3 nitrogen and oxygen atoms in total. The van der Waals surface area contributed by atoms with Crippen molar-refractivity contribution in [1.82, 2.24) is 9.55 Å². The van der Waals surface area contributed by atoms with Crippen molar-refractivity contribution in [2.24, 2.45) is 0 Å². The van der Waals surface area contributed by atoms with E-state index < -0.39 is 0 Å². The normalized spacial score (nSPS) is 10.9. The zero-order valence-corrected chi connectivity index (χ0v) is 12.0. The number of fused-ring (bicyclic) bond motifs is 1. The molecule has 0 aliphatic heterocycles. The smallest absolute Gasteiger partial charge is 0.138 e. The topological polar surface area (TPSA) is 27.1 Å². The summed E-state index contributed by atoms with van der Waals surface area (Å²) < 4.78 is 7.97. The average molecular weight is 287 g/mol. The molecule has 0 fully saturated rings. The third-order valence-corrected chi connectivity index (χ3v) is 3.60. The molecule has 0 spiro atoms. The fourth-order valence-electron chi connectivity index (χ4n) is 2.40. The van der Waals surface area contributed by atoms with E-state index >= 15 is 0 Å². The molecule has 0 saturated carbocycles. The van der Waals surface area contributed by atoms with Gasteiger partial charge in [0.15, 0.2) is 0 Å². The van der Waals surface area contributed by atoms with Crippen molar-refractivity contribution >= 4 is 22.5 Å². The summed E-state index contributed by atoms with van der Waals surface area (Å²) >= 11 is 6.30. The first kappa shape index (κ1) is 13.0. The van der Waals surface area contributed by atoms with Crippen LogP contribution < -0.4 is 4.74 Å². The van der Waals surface area contributed by atoms with Crippen molar-refractivity contribution in [1.29, 1.82) is 0 Å². The molecule has 0 bridgehead atoms. The second kappa shape index (κ2) is 5.55. The Morgan fingerprint density at radius 3 is 2.90 bits per heavy atom. The molecule has 2 aromatic heterocycles. The number of rotatable bonds is 4. The lowest BCUT2D eigenvalue weighted by atomic mass is 10.2. The highest BCUT2D eigenvalue weighted by molar-refractivity contribution is 6.35. The number of pyridine rings is 1. The van der Waals surface area contributed by atoms with Crippen LogP contribution in [0.25, 0.3) is 10.9 Å². The summed E-state index contributed by atoms with van der Waals surface area (Å²) in [5.74, 6) is 0.770. The van der Waals surface area contributed by atoms with Crippen LogP contribution in [-0.4, -0.2) is 9.55 Å². The number of para-hydroxylation sites is 1. The van der Waals surface area contributed by atoms with E-state index in [1.807, 2.05) is 24.3 Å². The monoisotopic (exact) mass is 286 g/mol. The Bertz CT molecular complexity index is 722. The number of aromatic nitrogens is 2. The van der Waals surface area contributed by atoms with Crippen molar-refractivity contribution in [3.8, 4) is 5.75 Å². The Kier molecular flexibility index (Phi) is 3.61. The standard InChI is InChI=1S/C16H15ClN2O/c1-2-19-13(11-20-14-6-4-8-18-10-14)9-12-5-3-7-15(17)16(12)19/h3-10H,2,11H2,1H3. The number of benzene rings is 1. The van der Waals surface area contributed by atoms with Crippen LogP contribution >= 0.6 is 11.6 Å². The van der Waals surface area contributed by atoms with Gasteiger partial charge in [0, 0.05) is 18.1 Å². The van der Waals surface area contributed by atoms with Gasteiger partial charge in [-0.05, 0) is 31.2 Å². The predicted octanol–water partition coefficient (Wildman–Crippen LogP) is 4.29. The second-order valence-corrected chi connectivity index (χ2v) is 4.94. The molecule has 102 valence electrons. The van der Waals surface area contributed by atoms with E-state index in [2.05, 4.69) is 28.6 Å². The van der Waals surface area contributed by atoms with Crippen LogP contribution in [0.3, 0.4) is 0 Å². The van der Waals surface area contributed by atoms with Gasteiger partial charge in [-0.2, -0.15) is 0 Å². The first-order valence-electron chi connectivity index (χ1n) is 6.59. The lowest BCUT2D eigenvalue weighted by Gasteiger charge is -2.10. The Morgan fingerprint density at radius 2 is 2.15 bits per heavy atom. The van der Waals surface area contributed by atoms with Gasteiger partial charge in [-0.25, -0.2) is 0 Å². The molecule has 0 N–H and O–H groups in total. The molecule has 20 heavy (non-hydrogen) atoms. The number of ether oxygens (including phenoxy) is 1. The number of hydrogen-bond acceptors (Lipinski definition) is 2. The summed E-state index contributed by atoms with van der Waals surface area (Å²) in [6.45, 7) is 3.47. The fourth-order valence-corrected chi connectivity index (χ4v) is 2.69. The molecule has 0 radical (unpaired) electrons. The maximum absolute atomic E-state index is 6.30. The van der Waals surface area contributed by atoms with Crippen LogP contribution in [-0.2, 0) is 13.2 Å². The van der Waals surface area contributed by atoms with Crippen molar-refractivity contribution in [2.75, 3.05) is 0 Å². The van der Waals surface area contributed by atoms with E-state index in [1.165, 1.54) is 0 Å². The zero-order chi connectivity index (χ0) is 13.9. The first-order chi connectivity index (χ1) is 9.79. The van der Waals surface area contributed by atoms with E-state index in [-0.39, 0.29) is 0 Å². The largest absolute Gasteiger partial charge is 0.486 e. The van der Waals surface area contributed by atoms with Gasteiger partial charge < -0.3 is 9.30 Å². The summed E-state index contributed by atoms with van der Waals surface area (Å²) in [6.07, 6.45) is 3.45. The summed E-state index contributed by atoms with van der Waals surface area (Å²) in [6, 6.07) is 11.8. The van der Waals surface area contributed by atoms with Gasteiger partial charge in [0.2, 0.25) is 0 Å². The fraction of sp³-hybridized carbons (Fsp3) is 0.188. The van der Waals surface area contributed by atoms with E-state index in [4.69, 9.17) is 16.3 Å². The summed E-state index contributed by atoms with van der Waals surface area (Å²) in [5, 5.41) is 1.92. The van der Waals surface area contributed by atoms with Crippen molar-refractivity contribution in [3.63, 3.8) is 0 Å². The Balaban J connectivity index is 1.93. The Labute approximate surface area is 122 Å². The van der Waals surface area contributed by atoms with Gasteiger partial charge in [-0.1, -0.05) is 23.7 Å². The van der Waals surface area contributed by atoms with Gasteiger partial charge in [0.1, 0.15) is 12.4 Å². The van der Waals surface area contributed by atoms with Crippen molar-refractivity contribution < 1.29 is 4.74 Å². The molecule has 3 aromatic rings. The molecule has 1 aromatic carbocycles. The van der Waals surface area contributed by atoms with Crippen LogP contribution in [0.2, 0.25) is 5.02 Å². The number of halogens is 1. The molecule has 0 saturated heterocycles. The molecule has 0 aliphatic carbocycles. The quantitative estimate of drug-likeness (QED) is 0.715. The summed E-state index contributed by atoms with van der Waals surface area (Å²) in [4.78, 5) is 4.04. The number of hydrogen-bond donors (Lipinski definition) is 0. The Morgan fingerprint density at radius 1 is 1.25 bits per heavy atom. The number of nitrogens with zero attached hydrogens (tertiary/aromatic N) is 2. The lowest BCUT2D eigenvalue weighted by molar-refractivity contribution is 0.295. The Hall–Kier alpha value is -2.00. The van der Waals surface area contributed by atoms with Crippen molar-refractivity contribution in [2.45, 2.75) is 20.1 Å². The van der Waals surface area contributed by atoms with Gasteiger partial charge in [0.05, 0.1) is 22.4 Å². The van der Waals surface area contributed by atoms with Gasteiger partial charge >= 0.3 is 0 Å². The molecule has 0 aliphatic rings. The van der Waals surface area contributed by atoms with Crippen LogP contribution in [0.4, 0.5) is 0 Å². The minimum absolute atomic E-state index is 0.505. The van der Waals surface area contributed by atoms with E-state index in [0.29, 0.717) is 6.61 Å². The van der Waals surface area contributed by atoms with Gasteiger partial charge in [-0.15, -0.1) is 0 Å². The predicted molar refractivity (Wildman–Crippen MR) is 81.2 cm³/mol. The molecule has 3 rings (SSSR count). The van der Waals surface area contributed by atoms with Crippen LogP contribution in [0.15, 0.2) is 48.8 Å². The zero-order valence-electron chi connectivity index (χ0n) is 11.2. The maximum Gasteiger partial charge on any atom is 0.138 e. The molecule has 0 amide bonds. The van der Waals surface area contributed by atoms with Crippen LogP contribution in [0, 0.1) is 0 Å². The highest BCUT2D eigenvalue weighted by atomic mass is 35.5. The van der Waals surface area contributed by atoms with Gasteiger partial charge in [-0.3, -0.25) is 4.98 Å². The third kappa shape index (κ3) is 2.37. The first-order valence-corrected chi connectivity index (χ1v) is 6.97. The highest BCUT2D eigenvalue weighted by Crippen LogP contribution is 2.27. The molecule has 0 atom stereocenters.